The van der Waals surface area contributed by atoms with Crippen molar-refractivity contribution in [1.29, 1.82) is 0 Å². The van der Waals surface area contributed by atoms with E-state index in [1.54, 1.807) is 0 Å². The standard InChI is InChI=1S/C14H13BrN2O3/c1-8-10-6-9(15)2-3-11(10)20-13(8)14(19)17-5-4-16-12(18)7-17/h2-3,6H,4-5,7H2,1H3,(H,16,18). The third-order valence-electron chi connectivity index (χ3n) is 3.42. The van der Waals surface area contributed by atoms with Crippen LogP contribution < -0.4 is 5.32 Å². The zero-order valence-electron chi connectivity index (χ0n) is 10.9. The molecule has 0 spiro atoms. The SMILES string of the molecule is Cc1c(C(=O)N2CCNC(=O)C2)oc2ccc(Br)cc12. The summed E-state index contributed by atoms with van der Waals surface area (Å²) in [6.45, 7) is 2.93. The second kappa shape index (κ2) is 4.94. The lowest BCUT2D eigenvalue weighted by molar-refractivity contribution is -0.123. The maximum atomic E-state index is 12.5. The molecule has 0 bridgehead atoms. The van der Waals surface area contributed by atoms with Gasteiger partial charge < -0.3 is 14.6 Å². The Morgan fingerprint density at radius 2 is 2.25 bits per heavy atom. The number of hydrogen-bond donors (Lipinski definition) is 1. The first-order chi connectivity index (χ1) is 9.56. The Morgan fingerprint density at radius 1 is 1.45 bits per heavy atom. The number of nitrogens with one attached hydrogen (secondary N) is 1. The van der Waals surface area contributed by atoms with Gasteiger partial charge in [0.25, 0.3) is 5.91 Å². The van der Waals surface area contributed by atoms with Crippen molar-refractivity contribution < 1.29 is 14.0 Å². The number of hydrogen-bond acceptors (Lipinski definition) is 3. The number of carbonyl (C=O) groups excluding carboxylic acids is 2. The van der Waals surface area contributed by atoms with Crippen LogP contribution in [0.4, 0.5) is 0 Å². The van der Waals surface area contributed by atoms with Gasteiger partial charge in [-0.25, -0.2) is 0 Å². The van der Waals surface area contributed by atoms with E-state index in [1.807, 2.05) is 25.1 Å². The van der Waals surface area contributed by atoms with Gasteiger partial charge in [-0.15, -0.1) is 0 Å². The molecule has 5 nitrogen and oxygen atoms in total. The molecule has 2 amide bonds. The molecule has 1 aliphatic heterocycles. The van der Waals surface area contributed by atoms with E-state index in [0.29, 0.717) is 24.4 Å². The number of rotatable bonds is 1. The van der Waals surface area contributed by atoms with Crippen molar-refractivity contribution in [3.63, 3.8) is 0 Å². The quantitative estimate of drug-likeness (QED) is 0.867. The lowest BCUT2D eigenvalue weighted by Crippen LogP contribution is -2.50. The summed E-state index contributed by atoms with van der Waals surface area (Å²) in [6.07, 6.45) is 0. The summed E-state index contributed by atoms with van der Waals surface area (Å²) < 4.78 is 6.60. The van der Waals surface area contributed by atoms with Crippen LogP contribution in [0.3, 0.4) is 0 Å². The zero-order chi connectivity index (χ0) is 14.3. The van der Waals surface area contributed by atoms with Gasteiger partial charge in [0.15, 0.2) is 5.76 Å². The van der Waals surface area contributed by atoms with E-state index in [4.69, 9.17) is 4.42 Å². The Kier molecular flexibility index (Phi) is 3.25. The van der Waals surface area contributed by atoms with Crippen LogP contribution in [0.25, 0.3) is 11.0 Å². The van der Waals surface area contributed by atoms with Gasteiger partial charge in [0.05, 0.1) is 0 Å². The minimum absolute atomic E-state index is 0.0824. The Balaban J connectivity index is 1.99. The number of aryl methyl sites for hydroxylation is 1. The minimum atomic E-state index is -0.232. The molecule has 1 aliphatic rings. The molecule has 0 radical (unpaired) electrons. The molecular formula is C14H13BrN2O3. The third kappa shape index (κ3) is 2.20. The van der Waals surface area contributed by atoms with E-state index in [0.717, 1.165) is 15.4 Å². The van der Waals surface area contributed by atoms with E-state index in [9.17, 15) is 9.59 Å². The lowest BCUT2D eigenvalue weighted by atomic mass is 10.1. The lowest BCUT2D eigenvalue weighted by Gasteiger charge is -2.25. The van der Waals surface area contributed by atoms with Crippen molar-refractivity contribution in [2.75, 3.05) is 19.6 Å². The molecule has 1 N–H and O–H groups in total. The summed E-state index contributed by atoms with van der Waals surface area (Å²) in [5.74, 6) is -0.0569. The molecule has 0 aliphatic carbocycles. The maximum Gasteiger partial charge on any atom is 0.290 e. The topological polar surface area (TPSA) is 62.6 Å². The predicted molar refractivity (Wildman–Crippen MR) is 77.6 cm³/mol. The van der Waals surface area contributed by atoms with Crippen molar-refractivity contribution in [3.05, 3.63) is 34.0 Å². The molecule has 0 unspecified atom stereocenters. The van der Waals surface area contributed by atoms with Crippen molar-refractivity contribution >= 4 is 38.7 Å². The highest BCUT2D eigenvalue weighted by Gasteiger charge is 2.26. The van der Waals surface area contributed by atoms with Gasteiger partial charge in [0.2, 0.25) is 5.91 Å². The first-order valence-electron chi connectivity index (χ1n) is 6.31. The highest BCUT2D eigenvalue weighted by molar-refractivity contribution is 9.10. The Morgan fingerprint density at radius 3 is 3.00 bits per heavy atom. The molecule has 1 aromatic carbocycles. The normalized spacial score (nSPS) is 15.5. The average Bonchev–Trinajstić information content (AvgIpc) is 2.75. The van der Waals surface area contributed by atoms with Gasteiger partial charge in [0, 0.05) is 28.5 Å². The Hall–Kier alpha value is -1.82. The van der Waals surface area contributed by atoms with Crippen LogP contribution >= 0.6 is 15.9 Å². The van der Waals surface area contributed by atoms with E-state index in [2.05, 4.69) is 21.2 Å². The molecule has 20 heavy (non-hydrogen) atoms. The summed E-state index contributed by atoms with van der Waals surface area (Å²) in [7, 11) is 0. The van der Waals surface area contributed by atoms with Crippen molar-refractivity contribution in [2.45, 2.75) is 6.92 Å². The number of fused-ring (bicyclic) bond motifs is 1. The van der Waals surface area contributed by atoms with Crippen LogP contribution in [-0.4, -0.2) is 36.3 Å². The summed E-state index contributed by atoms with van der Waals surface area (Å²) in [5, 5.41) is 3.60. The highest BCUT2D eigenvalue weighted by atomic mass is 79.9. The molecule has 1 saturated heterocycles. The zero-order valence-corrected chi connectivity index (χ0v) is 12.5. The molecule has 104 valence electrons. The molecule has 0 atom stereocenters. The van der Waals surface area contributed by atoms with Crippen LogP contribution in [-0.2, 0) is 4.79 Å². The number of carbonyl (C=O) groups is 2. The second-order valence-corrected chi connectivity index (χ2v) is 5.69. The van der Waals surface area contributed by atoms with Gasteiger partial charge in [-0.2, -0.15) is 0 Å². The van der Waals surface area contributed by atoms with Crippen LogP contribution in [0.15, 0.2) is 27.1 Å². The molecular weight excluding hydrogens is 324 g/mol. The fourth-order valence-corrected chi connectivity index (χ4v) is 2.71. The van der Waals surface area contributed by atoms with E-state index in [1.165, 1.54) is 4.90 Å². The molecule has 1 aromatic heterocycles. The Bertz CT molecular complexity index is 708. The van der Waals surface area contributed by atoms with Crippen molar-refractivity contribution in [3.8, 4) is 0 Å². The van der Waals surface area contributed by atoms with Crippen LogP contribution in [0.5, 0.6) is 0 Å². The van der Waals surface area contributed by atoms with Gasteiger partial charge in [-0.1, -0.05) is 15.9 Å². The maximum absolute atomic E-state index is 12.5. The number of piperazine rings is 1. The van der Waals surface area contributed by atoms with Crippen LogP contribution in [0, 0.1) is 6.92 Å². The van der Waals surface area contributed by atoms with Gasteiger partial charge in [-0.3, -0.25) is 9.59 Å². The van der Waals surface area contributed by atoms with E-state index >= 15 is 0 Å². The summed E-state index contributed by atoms with van der Waals surface area (Å²) >= 11 is 3.41. The Labute approximate surface area is 124 Å². The van der Waals surface area contributed by atoms with Crippen molar-refractivity contribution in [1.82, 2.24) is 10.2 Å². The highest BCUT2D eigenvalue weighted by Crippen LogP contribution is 2.28. The van der Waals surface area contributed by atoms with E-state index < -0.39 is 0 Å². The number of halogens is 1. The van der Waals surface area contributed by atoms with Gasteiger partial charge in [-0.05, 0) is 25.1 Å². The number of furan rings is 1. The summed E-state index contributed by atoms with van der Waals surface area (Å²) in [4.78, 5) is 25.3. The second-order valence-electron chi connectivity index (χ2n) is 4.77. The first kappa shape index (κ1) is 13.2. The third-order valence-corrected chi connectivity index (χ3v) is 3.91. The average molecular weight is 337 g/mol. The number of amides is 2. The van der Waals surface area contributed by atoms with Crippen LogP contribution in [0.2, 0.25) is 0 Å². The van der Waals surface area contributed by atoms with E-state index in [-0.39, 0.29) is 18.4 Å². The van der Waals surface area contributed by atoms with Crippen molar-refractivity contribution in [2.24, 2.45) is 0 Å². The van der Waals surface area contributed by atoms with Crippen LogP contribution in [0.1, 0.15) is 16.1 Å². The monoisotopic (exact) mass is 336 g/mol. The number of nitrogens with zero attached hydrogens (tertiary/aromatic N) is 1. The number of benzene rings is 1. The molecule has 2 heterocycles. The predicted octanol–water partition coefficient (Wildman–Crippen LogP) is 2.08. The first-order valence-corrected chi connectivity index (χ1v) is 7.10. The molecule has 2 aromatic rings. The smallest absolute Gasteiger partial charge is 0.290 e. The minimum Gasteiger partial charge on any atom is -0.451 e. The fraction of sp³-hybridized carbons (Fsp3) is 0.286. The van der Waals surface area contributed by atoms with Gasteiger partial charge >= 0.3 is 0 Å². The largest absolute Gasteiger partial charge is 0.451 e. The summed E-state index contributed by atoms with van der Waals surface area (Å²) in [5.41, 5.74) is 1.48. The molecule has 3 rings (SSSR count). The molecule has 6 heteroatoms. The summed E-state index contributed by atoms with van der Waals surface area (Å²) in [6, 6.07) is 5.62. The molecule has 0 saturated carbocycles. The fourth-order valence-electron chi connectivity index (χ4n) is 2.35. The van der Waals surface area contributed by atoms with Gasteiger partial charge in [0.1, 0.15) is 12.1 Å². The molecule has 1 fully saturated rings.